The van der Waals surface area contributed by atoms with Gasteiger partial charge in [-0.1, -0.05) is 12.2 Å². The Kier molecular flexibility index (Phi) is 3.34. The maximum absolute atomic E-state index is 12.6. The molecule has 2 fully saturated rings. The third-order valence-corrected chi connectivity index (χ3v) is 5.77. The molecule has 1 aliphatic heterocycles. The molecule has 4 unspecified atom stereocenters. The average molecular weight is 364 g/mol. The van der Waals surface area contributed by atoms with E-state index in [1.807, 2.05) is 12.2 Å². The van der Waals surface area contributed by atoms with E-state index in [0.717, 1.165) is 11.3 Å². The Morgan fingerprint density at radius 3 is 2.44 bits per heavy atom. The second kappa shape index (κ2) is 5.64. The van der Waals surface area contributed by atoms with E-state index in [9.17, 15) is 19.2 Å². The molecule has 27 heavy (non-hydrogen) atoms. The lowest BCUT2D eigenvalue weighted by Gasteiger charge is -2.16. The number of benzene rings is 1. The van der Waals surface area contributed by atoms with E-state index < -0.39 is 11.5 Å². The van der Waals surface area contributed by atoms with E-state index in [4.69, 9.17) is 4.42 Å². The summed E-state index contributed by atoms with van der Waals surface area (Å²) in [6.45, 7) is -0.286. The molecule has 2 aromatic rings. The van der Waals surface area contributed by atoms with Crippen molar-refractivity contribution in [2.45, 2.75) is 6.42 Å². The van der Waals surface area contributed by atoms with Gasteiger partial charge in [-0.2, -0.15) is 0 Å². The molecule has 5 rings (SSSR count). The van der Waals surface area contributed by atoms with Crippen molar-refractivity contribution in [2.24, 2.45) is 23.7 Å². The lowest BCUT2D eigenvalue weighted by molar-refractivity contribution is -0.143. The van der Waals surface area contributed by atoms with Crippen molar-refractivity contribution in [1.82, 2.24) is 4.90 Å². The first-order valence-electron chi connectivity index (χ1n) is 8.88. The zero-order valence-electron chi connectivity index (χ0n) is 14.3. The van der Waals surface area contributed by atoms with Crippen molar-refractivity contribution < 1.29 is 18.8 Å². The number of rotatable bonds is 3. The average Bonchev–Trinajstić information content (AvgIpc) is 3.32. The molecule has 136 valence electrons. The van der Waals surface area contributed by atoms with Gasteiger partial charge in [0.15, 0.2) is 0 Å². The molecule has 1 saturated heterocycles. The summed E-state index contributed by atoms with van der Waals surface area (Å²) in [5, 5.41) is 3.36. The standard InChI is InChI=1S/C20H16N2O5/c23-15(21-13-4-5-14-10(8-13)3-6-16(24)27-14)9-22-19(25)17-11-1-2-12(7-11)18(17)20(22)26/h1-6,8,11-12,17-18H,7,9H2,(H,21,23). The monoisotopic (exact) mass is 364 g/mol. The Hall–Kier alpha value is -3.22. The summed E-state index contributed by atoms with van der Waals surface area (Å²) in [5.74, 6) is -1.27. The fourth-order valence-corrected chi connectivity index (χ4v) is 4.61. The number of hydrogen-bond donors (Lipinski definition) is 1. The molecule has 7 heteroatoms. The van der Waals surface area contributed by atoms with Gasteiger partial charge in [0.2, 0.25) is 17.7 Å². The van der Waals surface area contributed by atoms with Crippen LogP contribution < -0.4 is 10.9 Å². The topological polar surface area (TPSA) is 96.7 Å². The number of amides is 3. The summed E-state index contributed by atoms with van der Waals surface area (Å²) >= 11 is 0. The van der Waals surface area contributed by atoms with Gasteiger partial charge in [-0.15, -0.1) is 0 Å². The van der Waals surface area contributed by atoms with Crippen LogP contribution in [0.3, 0.4) is 0 Å². The molecule has 1 saturated carbocycles. The van der Waals surface area contributed by atoms with Crippen molar-refractivity contribution in [2.75, 3.05) is 11.9 Å². The largest absolute Gasteiger partial charge is 0.423 e. The zero-order chi connectivity index (χ0) is 18.7. The number of carbonyl (C=O) groups is 3. The first-order chi connectivity index (χ1) is 13.0. The predicted octanol–water partition coefficient (Wildman–Crippen LogP) is 1.54. The Balaban J connectivity index is 1.31. The van der Waals surface area contributed by atoms with E-state index in [0.29, 0.717) is 16.7 Å². The maximum Gasteiger partial charge on any atom is 0.336 e. The molecule has 3 aliphatic rings. The minimum absolute atomic E-state index is 0.125. The van der Waals surface area contributed by atoms with Crippen LogP contribution in [-0.4, -0.2) is 29.2 Å². The molecule has 1 aromatic carbocycles. The molecular formula is C20H16N2O5. The van der Waals surface area contributed by atoms with Crippen LogP contribution in [0.15, 0.2) is 51.7 Å². The summed E-state index contributed by atoms with van der Waals surface area (Å²) in [7, 11) is 0. The minimum atomic E-state index is -0.445. The fraction of sp³-hybridized carbons (Fsp3) is 0.300. The van der Waals surface area contributed by atoms with Crippen molar-refractivity contribution in [1.29, 1.82) is 0 Å². The van der Waals surface area contributed by atoms with Crippen molar-refractivity contribution in [3.63, 3.8) is 0 Å². The lowest BCUT2D eigenvalue weighted by Crippen LogP contribution is -2.39. The van der Waals surface area contributed by atoms with Gasteiger partial charge in [-0.25, -0.2) is 4.79 Å². The number of allylic oxidation sites excluding steroid dienone is 2. The number of anilines is 1. The van der Waals surface area contributed by atoms with E-state index in [-0.39, 0.29) is 42.0 Å². The van der Waals surface area contributed by atoms with Gasteiger partial charge in [0.05, 0.1) is 11.8 Å². The highest BCUT2D eigenvalue weighted by Crippen LogP contribution is 2.52. The third-order valence-electron chi connectivity index (χ3n) is 5.77. The van der Waals surface area contributed by atoms with Crippen molar-refractivity contribution in [3.8, 4) is 0 Å². The quantitative estimate of drug-likeness (QED) is 0.506. The smallest absolute Gasteiger partial charge is 0.336 e. The number of likely N-dealkylation sites (tertiary alicyclic amines) is 1. The van der Waals surface area contributed by atoms with Gasteiger partial charge < -0.3 is 9.73 Å². The molecule has 1 N–H and O–H groups in total. The summed E-state index contributed by atoms with van der Waals surface area (Å²) in [6, 6.07) is 7.77. The highest BCUT2D eigenvalue weighted by molar-refractivity contribution is 6.09. The Bertz CT molecular complexity index is 1060. The van der Waals surface area contributed by atoms with Crippen LogP contribution in [0.5, 0.6) is 0 Å². The molecule has 0 spiro atoms. The molecule has 1 aromatic heterocycles. The molecule has 2 aliphatic carbocycles. The third kappa shape index (κ3) is 2.42. The highest BCUT2D eigenvalue weighted by atomic mass is 16.4. The maximum atomic E-state index is 12.6. The van der Waals surface area contributed by atoms with Gasteiger partial charge in [-0.05, 0) is 42.5 Å². The van der Waals surface area contributed by atoms with Crippen molar-refractivity contribution in [3.05, 3.63) is 52.9 Å². The van der Waals surface area contributed by atoms with Gasteiger partial charge in [0.1, 0.15) is 12.1 Å². The van der Waals surface area contributed by atoms with E-state index in [2.05, 4.69) is 5.32 Å². The Morgan fingerprint density at radius 1 is 1.04 bits per heavy atom. The van der Waals surface area contributed by atoms with E-state index >= 15 is 0 Å². The van der Waals surface area contributed by atoms with Crippen LogP contribution in [-0.2, 0) is 14.4 Å². The zero-order valence-corrected chi connectivity index (χ0v) is 14.3. The summed E-state index contributed by atoms with van der Waals surface area (Å²) in [5.41, 5.74) is 0.475. The summed E-state index contributed by atoms with van der Waals surface area (Å²) < 4.78 is 5.05. The van der Waals surface area contributed by atoms with Gasteiger partial charge in [-0.3, -0.25) is 19.3 Å². The SMILES string of the molecule is O=C(CN1C(=O)C2C3C=CC(C3)C2C1=O)Nc1ccc2oc(=O)ccc2c1. The highest BCUT2D eigenvalue weighted by Gasteiger charge is 2.59. The Morgan fingerprint density at radius 2 is 1.74 bits per heavy atom. The van der Waals surface area contributed by atoms with Gasteiger partial charge >= 0.3 is 5.63 Å². The normalized spacial score (nSPS) is 28.2. The molecule has 3 amide bonds. The predicted molar refractivity (Wildman–Crippen MR) is 95.6 cm³/mol. The molecule has 4 atom stereocenters. The van der Waals surface area contributed by atoms with Crippen molar-refractivity contribution >= 4 is 34.4 Å². The first-order valence-corrected chi connectivity index (χ1v) is 8.88. The molecule has 7 nitrogen and oxygen atoms in total. The molecule has 2 heterocycles. The number of hydrogen-bond acceptors (Lipinski definition) is 5. The van der Waals surface area contributed by atoms with Crippen LogP contribution in [0.1, 0.15) is 6.42 Å². The number of imide groups is 1. The van der Waals surface area contributed by atoms with E-state index in [1.165, 1.54) is 6.07 Å². The molecular weight excluding hydrogens is 348 g/mol. The van der Waals surface area contributed by atoms with Crippen LogP contribution >= 0.6 is 0 Å². The molecule has 0 radical (unpaired) electrons. The second-order valence-electron chi connectivity index (χ2n) is 7.32. The van der Waals surface area contributed by atoms with Gasteiger partial charge in [0, 0.05) is 17.1 Å². The lowest BCUT2D eigenvalue weighted by atomic mass is 9.85. The number of nitrogens with zero attached hydrogens (tertiary/aromatic N) is 1. The van der Waals surface area contributed by atoms with E-state index in [1.54, 1.807) is 24.3 Å². The fourth-order valence-electron chi connectivity index (χ4n) is 4.61. The number of nitrogens with one attached hydrogen (secondary N) is 1. The first kappa shape index (κ1) is 16.0. The number of fused-ring (bicyclic) bond motifs is 6. The Labute approximate surface area is 153 Å². The number of carbonyl (C=O) groups excluding carboxylic acids is 3. The van der Waals surface area contributed by atoms with Crippen LogP contribution in [0.25, 0.3) is 11.0 Å². The van der Waals surface area contributed by atoms with Crippen LogP contribution in [0.2, 0.25) is 0 Å². The summed E-state index contributed by atoms with van der Waals surface area (Å²) in [4.78, 5) is 50.0. The molecule has 2 bridgehead atoms. The van der Waals surface area contributed by atoms with Crippen LogP contribution in [0, 0.1) is 23.7 Å². The second-order valence-corrected chi connectivity index (χ2v) is 7.32. The van der Waals surface area contributed by atoms with Gasteiger partial charge in [0.25, 0.3) is 0 Å². The van der Waals surface area contributed by atoms with Crippen LogP contribution in [0.4, 0.5) is 5.69 Å². The summed E-state index contributed by atoms with van der Waals surface area (Å²) in [6.07, 6.45) is 4.90. The minimum Gasteiger partial charge on any atom is -0.423 e.